The van der Waals surface area contributed by atoms with Crippen LogP contribution in [0.5, 0.6) is 5.75 Å². The molecule has 0 bridgehead atoms. The predicted octanol–water partition coefficient (Wildman–Crippen LogP) is 7.09. The van der Waals surface area contributed by atoms with Crippen LogP contribution in [-0.4, -0.2) is 16.1 Å². The number of benzene rings is 2. The van der Waals surface area contributed by atoms with Crippen molar-refractivity contribution in [2.75, 3.05) is 0 Å². The standard InChI is InChI=1S/C27H22ClNO3S/c1-3-4-20(12-27(30)31)19-6-8-21(9-7-19)32-15-18-5-10-25-23(11-18)24(16-33-25)22-13-26(28)29-14-17(22)2/h5-11,13-14,16,20H,12,15H2,1-2H3,(H,30,31)/t20-/m0/s1. The maximum absolute atomic E-state index is 11.1. The highest BCUT2D eigenvalue weighted by Crippen LogP contribution is 2.37. The smallest absolute Gasteiger partial charge is 0.304 e. The number of pyridine rings is 1. The molecule has 0 saturated carbocycles. The second-order valence-electron chi connectivity index (χ2n) is 7.70. The van der Waals surface area contributed by atoms with E-state index < -0.39 is 5.97 Å². The lowest BCUT2D eigenvalue weighted by molar-refractivity contribution is -0.137. The first-order valence-corrected chi connectivity index (χ1v) is 11.7. The lowest BCUT2D eigenvalue weighted by Gasteiger charge is -2.11. The van der Waals surface area contributed by atoms with Gasteiger partial charge < -0.3 is 9.84 Å². The van der Waals surface area contributed by atoms with Gasteiger partial charge in [0.25, 0.3) is 0 Å². The molecule has 0 aliphatic carbocycles. The van der Waals surface area contributed by atoms with Crippen LogP contribution in [0.25, 0.3) is 21.2 Å². The van der Waals surface area contributed by atoms with E-state index in [2.05, 4.69) is 40.4 Å². The topological polar surface area (TPSA) is 59.4 Å². The molecule has 0 unspecified atom stereocenters. The molecule has 166 valence electrons. The summed E-state index contributed by atoms with van der Waals surface area (Å²) in [4.78, 5) is 15.3. The highest BCUT2D eigenvalue weighted by atomic mass is 35.5. The van der Waals surface area contributed by atoms with Crippen molar-refractivity contribution in [2.24, 2.45) is 0 Å². The second kappa shape index (κ2) is 10.1. The lowest BCUT2D eigenvalue weighted by atomic mass is 9.96. The number of carboxylic acid groups (broad SMARTS) is 1. The van der Waals surface area contributed by atoms with E-state index >= 15 is 0 Å². The number of rotatable bonds is 7. The number of nitrogens with zero attached hydrogens (tertiary/aromatic N) is 1. The van der Waals surface area contributed by atoms with Gasteiger partial charge in [-0.2, -0.15) is 0 Å². The minimum atomic E-state index is -0.865. The Morgan fingerprint density at radius 3 is 2.70 bits per heavy atom. The van der Waals surface area contributed by atoms with Gasteiger partial charge >= 0.3 is 5.97 Å². The first-order chi connectivity index (χ1) is 15.9. The van der Waals surface area contributed by atoms with Crippen LogP contribution in [-0.2, 0) is 11.4 Å². The largest absolute Gasteiger partial charge is 0.489 e. The molecule has 0 aliphatic heterocycles. The monoisotopic (exact) mass is 475 g/mol. The Labute approximate surface area is 201 Å². The molecule has 0 saturated heterocycles. The molecular formula is C27H22ClNO3S. The van der Waals surface area contributed by atoms with E-state index in [4.69, 9.17) is 21.4 Å². The number of fused-ring (bicyclic) bond motifs is 1. The molecule has 4 rings (SSSR count). The summed E-state index contributed by atoms with van der Waals surface area (Å²) in [6, 6.07) is 15.7. The van der Waals surface area contributed by atoms with Crippen molar-refractivity contribution >= 4 is 39.0 Å². The van der Waals surface area contributed by atoms with Crippen LogP contribution in [0.4, 0.5) is 0 Å². The lowest BCUT2D eigenvalue weighted by Crippen LogP contribution is -2.04. The number of hydrogen-bond donors (Lipinski definition) is 1. The quantitative estimate of drug-likeness (QED) is 0.229. The number of carboxylic acids is 1. The third kappa shape index (κ3) is 5.36. The third-order valence-electron chi connectivity index (χ3n) is 5.38. The molecule has 6 heteroatoms. The zero-order valence-electron chi connectivity index (χ0n) is 18.3. The number of carbonyl (C=O) groups is 1. The van der Waals surface area contributed by atoms with Crippen LogP contribution in [0.15, 0.2) is 60.1 Å². The van der Waals surface area contributed by atoms with Gasteiger partial charge in [-0.3, -0.25) is 4.79 Å². The van der Waals surface area contributed by atoms with Gasteiger partial charge in [0.15, 0.2) is 0 Å². The minimum absolute atomic E-state index is 0.0216. The molecule has 2 heterocycles. The second-order valence-corrected chi connectivity index (χ2v) is 9.00. The fourth-order valence-corrected chi connectivity index (χ4v) is 4.83. The fourth-order valence-electron chi connectivity index (χ4n) is 3.73. The number of aliphatic carboxylic acids is 1. The number of aromatic nitrogens is 1. The van der Waals surface area contributed by atoms with Gasteiger partial charge in [-0.1, -0.05) is 35.7 Å². The number of aryl methyl sites for hydroxylation is 1. The summed E-state index contributed by atoms with van der Waals surface area (Å²) in [6.45, 7) is 4.17. The minimum Gasteiger partial charge on any atom is -0.489 e. The summed E-state index contributed by atoms with van der Waals surface area (Å²) in [5, 5.41) is 12.9. The van der Waals surface area contributed by atoms with E-state index in [-0.39, 0.29) is 12.3 Å². The summed E-state index contributed by atoms with van der Waals surface area (Å²) in [5.74, 6) is 5.31. The van der Waals surface area contributed by atoms with Gasteiger partial charge in [0, 0.05) is 21.8 Å². The molecule has 0 aliphatic rings. The molecule has 0 radical (unpaired) electrons. The molecule has 33 heavy (non-hydrogen) atoms. The van der Waals surface area contributed by atoms with Crippen molar-refractivity contribution in [2.45, 2.75) is 32.8 Å². The summed E-state index contributed by atoms with van der Waals surface area (Å²) < 4.78 is 7.20. The van der Waals surface area contributed by atoms with Gasteiger partial charge in [-0.25, -0.2) is 4.98 Å². The molecule has 4 nitrogen and oxygen atoms in total. The van der Waals surface area contributed by atoms with Crippen LogP contribution in [0.2, 0.25) is 5.15 Å². The Balaban J connectivity index is 1.52. The van der Waals surface area contributed by atoms with Crippen molar-refractivity contribution in [1.82, 2.24) is 4.98 Å². The Kier molecular flexibility index (Phi) is 6.98. The van der Waals surface area contributed by atoms with E-state index in [1.807, 2.05) is 37.3 Å². The van der Waals surface area contributed by atoms with Crippen molar-refractivity contribution in [3.05, 3.63) is 82.0 Å². The van der Waals surface area contributed by atoms with Crippen molar-refractivity contribution < 1.29 is 14.6 Å². The van der Waals surface area contributed by atoms with Crippen LogP contribution in [0, 0.1) is 18.8 Å². The van der Waals surface area contributed by atoms with Gasteiger partial charge in [-0.05, 0) is 71.8 Å². The van der Waals surface area contributed by atoms with Crippen molar-refractivity contribution in [1.29, 1.82) is 0 Å². The van der Waals surface area contributed by atoms with Crippen molar-refractivity contribution in [3.8, 4) is 28.7 Å². The highest BCUT2D eigenvalue weighted by Gasteiger charge is 2.14. The Morgan fingerprint density at radius 2 is 1.97 bits per heavy atom. The molecular weight excluding hydrogens is 454 g/mol. The molecule has 2 aromatic carbocycles. The zero-order valence-corrected chi connectivity index (χ0v) is 19.8. The Hall–Kier alpha value is -3.33. The zero-order chi connectivity index (χ0) is 23.4. The summed E-state index contributed by atoms with van der Waals surface area (Å²) in [5.41, 5.74) is 5.24. The molecule has 0 fully saturated rings. The van der Waals surface area contributed by atoms with E-state index in [9.17, 15) is 4.79 Å². The molecule has 2 aromatic heterocycles. The van der Waals surface area contributed by atoms with E-state index in [1.54, 1.807) is 24.5 Å². The summed E-state index contributed by atoms with van der Waals surface area (Å²) in [6.07, 6.45) is 1.77. The maximum atomic E-state index is 11.1. The summed E-state index contributed by atoms with van der Waals surface area (Å²) in [7, 11) is 0. The molecule has 4 aromatic rings. The van der Waals surface area contributed by atoms with E-state index in [0.29, 0.717) is 11.8 Å². The third-order valence-corrected chi connectivity index (χ3v) is 6.55. The fraction of sp³-hybridized carbons (Fsp3) is 0.185. The predicted molar refractivity (Wildman–Crippen MR) is 134 cm³/mol. The van der Waals surface area contributed by atoms with Crippen LogP contribution in [0.1, 0.15) is 36.0 Å². The molecule has 0 spiro atoms. The number of halogens is 1. The van der Waals surface area contributed by atoms with Gasteiger partial charge in [0.2, 0.25) is 0 Å². The number of hydrogen-bond acceptors (Lipinski definition) is 4. The number of thiophene rings is 1. The van der Waals surface area contributed by atoms with E-state index in [1.165, 1.54) is 4.70 Å². The average molecular weight is 476 g/mol. The van der Waals surface area contributed by atoms with Gasteiger partial charge in [0.1, 0.15) is 17.5 Å². The summed E-state index contributed by atoms with van der Waals surface area (Å²) >= 11 is 7.84. The highest BCUT2D eigenvalue weighted by molar-refractivity contribution is 7.17. The average Bonchev–Trinajstić information content (AvgIpc) is 3.22. The van der Waals surface area contributed by atoms with Crippen LogP contribution >= 0.6 is 22.9 Å². The first-order valence-electron chi connectivity index (χ1n) is 10.4. The number of ether oxygens (including phenoxy) is 1. The van der Waals surface area contributed by atoms with Crippen LogP contribution < -0.4 is 4.74 Å². The normalized spacial score (nSPS) is 11.6. The SMILES string of the molecule is CC#C[C@@H](CC(=O)O)c1ccc(OCc2ccc3scc(-c4cc(Cl)ncc4C)c3c2)cc1. The van der Waals surface area contributed by atoms with Crippen molar-refractivity contribution in [3.63, 3.8) is 0 Å². The van der Waals surface area contributed by atoms with Crippen LogP contribution in [0.3, 0.4) is 0 Å². The maximum Gasteiger partial charge on any atom is 0.304 e. The van der Waals surface area contributed by atoms with Gasteiger partial charge in [0.05, 0.1) is 12.3 Å². The van der Waals surface area contributed by atoms with E-state index in [0.717, 1.165) is 39.0 Å². The Morgan fingerprint density at radius 1 is 1.18 bits per heavy atom. The molecule has 1 atom stereocenters. The van der Waals surface area contributed by atoms with Gasteiger partial charge in [-0.15, -0.1) is 17.3 Å². The Bertz CT molecular complexity index is 1370. The first kappa shape index (κ1) is 22.8. The molecule has 1 N–H and O–H groups in total. The molecule has 0 amide bonds.